The van der Waals surface area contributed by atoms with E-state index >= 15 is 0 Å². The van der Waals surface area contributed by atoms with Crippen LogP contribution in [0.2, 0.25) is 0 Å². The first-order valence-corrected chi connectivity index (χ1v) is 21.1. The van der Waals surface area contributed by atoms with E-state index in [4.69, 9.17) is 19.9 Å². The van der Waals surface area contributed by atoms with Crippen LogP contribution in [0.25, 0.3) is 22.8 Å². The Hall–Kier alpha value is -5.70. The van der Waals surface area contributed by atoms with Gasteiger partial charge in [-0.3, -0.25) is 4.79 Å². The Balaban J connectivity index is 0.000000160. The molecule has 2 atom stereocenters. The zero-order valence-corrected chi connectivity index (χ0v) is 36.5. The van der Waals surface area contributed by atoms with Crippen LogP contribution in [0.15, 0.2) is 57.7 Å². The Kier molecular flexibility index (Phi) is 10.9. The van der Waals surface area contributed by atoms with E-state index in [1.54, 1.807) is 21.3 Å². The summed E-state index contributed by atoms with van der Waals surface area (Å²) in [6.45, 7) is 0. The van der Waals surface area contributed by atoms with Crippen LogP contribution in [0.4, 0.5) is 17.6 Å². The molecule has 2 unspecified atom stereocenters. The van der Waals surface area contributed by atoms with Crippen molar-refractivity contribution in [3.63, 3.8) is 0 Å². The van der Waals surface area contributed by atoms with E-state index in [1.165, 1.54) is 33.5 Å². The molecule has 4 aromatic heterocycles. The number of nitrogens with zero attached hydrogens (tertiary/aromatic N) is 6. The molecule has 2 aromatic carbocycles. The second-order valence-electron chi connectivity index (χ2n) is 15.6. The van der Waals surface area contributed by atoms with Gasteiger partial charge in [-0.05, 0) is 117 Å². The molecule has 4 aliphatic heterocycles. The number of methoxy groups -OCH3 is 3. The zero-order chi connectivity index (χ0) is 44.8. The fourth-order valence-electron chi connectivity index (χ4n) is 9.17. The van der Waals surface area contributed by atoms with Crippen molar-refractivity contribution in [2.45, 2.75) is 61.8 Å². The highest BCUT2D eigenvalue weighted by Crippen LogP contribution is 2.56. The predicted molar refractivity (Wildman–Crippen MR) is 222 cm³/mol. The van der Waals surface area contributed by atoms with Gasteiger partial charge in [0.1, 0.15) is 47.1 Å². The van der Waals surface area contributed by atoms with E-state index in [-0.39, 0.29) is 90.2 Å². The topological polar surface area (TPSA) is 190 Å². The third kappa shape index (κ3) is 6.97. The molecular formula is C43H35Br2F4N7O7. The first-order valence-electron chi connectivity index (χ1n) is 19.5. The second-order valence-corrected chi connectivity index (χ2v) is 17.3. The van der Waals surface area contributed by atoms with Crippen LogP contribution < -0.4 is 15.2 Å². The highest BCUT2D eigenvalue weighted by atomic mass is 79.9. The van der Waals surface area contributed by atoms with Crippen molar-refractivity contribution >= 4 is 43.7 Å². The number of amides is 1. The number of esters is 1. The van der Waals surface area contributed by atoms with Crippen LogP contribution >= 0.6 is 31.9 Å². The molecule has 2 fully saturated rings. The van der Waals surface area contributed by atoms with Gasteiger partial charge in [-0.15, -0.1) is 0 Å². The van der Waals surface area contributed by atoms with Gasteiger partial charge >= 0.3 is 5.97 Å². The van der Waals surface area contributed by atoms with Gasteiger partial charge in [-0.1, -0.05) is 0 Å². The molecule has 1 amide bonds. The number of imidazole rings is 2. The first kappa shape index (κ1) is 42.6. The first-order chi connectivity index (χ1) is 30.1. The molecule has 4 bridgehead atoms. The maximum absolute atomic E-state index is 14.3. The molecule has 0 saturated heterocycles. The van der Waals surface area contributed by atoms with Crippen LogP contribution in [0.1, 0.15) is 116 Å². The summed E-state index contributed by atoms with van der Waals surface area (Å²) in [4.78, 5) is 41.7. The van der Waals surface area contributed by atoms with Gasteiger partial charge in [0.25, 0.3) is 5.91 Å². The number of primary amides is 1. The molecule has 2 aliphatic carbocycles. The van der Waals surface area contributed by atoms with Gasteiger partial charge in [0.2, 0.25) is 11.8 Å². The van der Waals surface area contributed by atoms with Crippen molar-refractivity contribution in [2.24, 2.45) is 5.73 Å². The summed E-state index contributed by atoms with van der Waals surface area (Å²) in [6.07, 6.45) is 1.78. The fraction of sp³-hybridized carbons (Fsp3) is 0.302. The van der Waals surface area contributed by atoms with Crippen molar-refractivity contribution < 1.29 is 51.6 Å². The molecule has 6 aromatic rings. The Labute approximate surface area is 372 Å². The van der Waals surface area contributed by atoms with Crippen LogP contribution in [0.3, 0.4) is 0 Å². The van der Waals surface area contributed by atoms with Crippen molar-refractivity contribution in [1.82, 2.24) is 29.1 Å². The predicted octanol–water partition coefficient (Wildman–Crippen LogP) is 7.90. The van der Waals surface area contributed by atoms with Gasteiger partial charge in [-0.2, -0.15) is 0 Å². The number of benzene rings is 2. The SMILES string of the molecule is COC(=O)c1nc2n(c1C(O)c1cc(F)cnc1OC)C1CC(C1)c1cc(F)c(Br)cc1-2.COc1ncc(F)cc1C(O)c1c(C(N)=O)nc2n1C1CC(C1)c1cc(F)c(Br)cc1-2. The third-order valence-electron chi connectivity index (χ3n) is 12.2. The molecule has 0 radical (unpaired) electrons. The number of aromatic nitrogens is 6. The van der Waals surface area contributed by atoms with E-state index in [9.17, 15) is 37.4 Å². The lowest BCUT2D eigenvalue weighted by atomic mass is 9.75. The highest BCUT2D eigenvalue weighted by Gasteiger charge is 2.45. The number of halogens is 6. The van der Waals surface area contributed by atoms with Crippen LogP contribution in [0, 0.1) is 23.3 Å². The van der Waals surface area contributed by atoms with E-state index in [0.717, 1.165) is 35.7 Å². The van der Waals surface area contributed by atoms with Crippen molar-refractivity contribution in [3.8, 4) is 34.5 Å². The van der Waals surface area contributed by atoms with Gasteiger partial charge in [0.05, 0.1) is 65.2 Å². The van der Waals surface area contributed by atoms with Gasteiger partial charge in [-0.25, -0.2) is 42.3 Å². The lowest BCUT2D eigenvalue weighted by molar-refractivity contribution is 0.0587. The van der Waals surface area contributed by atoms with Crippen molar-refractivity contribution in [3.05, 3.63) is 126 Å². The minimum absolute atomic E-state index is 0.0187. The second kappa shape index (κ2) is 16.1. The molecule has 8 heterocycles. The van der Waals surface area contributed by atoms with Gasteiger partial charge in [0.15, 0.2) is 11.4 Å². The average Bonchev–Trinajstić information content (AvgIpc) is 3.68. The summed E-state index contributed by atoms with van der Waals surface area (Å²) < 4.78 is 75.8. The number of ether oxygens (including phenoxy) is 3. The van der Waals surface area contributed by atoms with Crippen LogP contribution in [-0.2, 0) is 4.74 Å². The quantitative estimate of drug-likeness (QED) is 0.0993. The number of carbonyl (C=O) groups excluding carboxylic acids is 2. The Morgan fingerprint density at radius 1 is 0.698 bits per heavy atom. The number of aliphatic hydroxyl groups is 2. The molecule has 14 nitrogen and oxygen atoms in total. The van der Waals surface area contributed by atoms with E-state index < -0.39 is 35.7 Å². The standard InChI is InChI=1S/C22H18BrF2N3O4.C21H17BrF2N4O3/c1-31-21-14(5-10(24)8-26-21)19(29)18-17(22(30)32-2)27-20-13-6-15(23)16(25)7-12(13)9-3-11(4-9)28(18)20;1-31-21-13(4-9(23)7-26-21)18(29)17-16(19(25)30)27-20-12-5-14(22)15(24)6-11(12)8-2-10(3-8)28(17)20/h5-9,11,19,29H,3-4H2,1-2H3;4-8,10,18,29H,2-3H2,1H3,(H2,25,30). The summed E-state index contributed by atoms with van der Waals surface area (Å²) in [5.41, 5.74) is 8.69. The fourth-order valence-corrected chi connectivity index (χ4v) is 9.85. The van der Waals surface area contributed by atoms with Gasteiger partial charge in [0, 0.05) is 23.2 Å². The Morgan fingerprint density at radius 3 is 1.51 bits per heavy atom. The monoisotopic (exact) mass is 995 g/mol. The number of pyridine rings is 2. The summed E-state index contributed by atoms with van der Waals surface area (Å²) in [5.74, 6) is -2.53. The smallest absolute Gasteiger partial charge is 0.358 e. The average molecular weight is 998 g/mol. The minimum atomic E-state index is -1.47. The third-order valence-corrected chi connectivity index (χ3v) is 13.4. The van der Waals surface area contributed by atoms with Crippen LogP contribution in [0.5, 0.6) is 11.8 Å². The highest BCUT2D eigenvalue weighted by molar-refractivity contribution is 9.10. The number of nitrogens with two attached hydrogens (primary N) is 1. The Morgan fingerprint density at radius 2 is 1.11 bits per heavy atom. The lowest BCUT2D eigenvalue weighted by Crippen LogP contribution is -2.27. The number of hydrogen-bond donors (Lipinski definition) is 3. The summed E-state index contributed by atoms with van der Waals surface area (Å²) in [7, 11) is 3.92. The minimum Gasteiger partial charge on any atom is -0.481 e. The molecular weight excluding hydrogens is 962 g/mol. The lowest BCUT2D eigenvalue weighted by Gasteiger charge is -2.36. The normalized spacial score (nSPS) is 19.5. The summed E-state index contributed by atoms with van der Waals surface area (Å²) in [5, 5.41) is 22.6. The van der Waals surface area contributed by atoms with E-state index in [1.807, 2.05) is 0 Å². The molecule has 2 saturated carbocycles. The zero-order valence-electron chi connectivity index (χ0n) is 33.4. The van der Waals surface area contributed by atoms with Gasteiger partial charge < -0.3 is 39.3 Å². The molecule has 12 rings (SSSR count). The number of aliphatic hydroxyl groups excluding tert-OH is 2. The van der Waals surface area contributed by atoms with E-state index in [2.05, 4.69) is 51.8 Å². The molecule has 0 spiro atoms. The molecule has 4 N–H and O–H groups in total. The summed E-state index contributed by atoms with van der Waals surface area (Å²) in [6, 6.07) is 8.27. The number of rotatable bonds is 8. The van der Waals surface area contributed by atoms with Crippen molar-refractivity contribution in [1.29, 1.82) is 0 Å². The van der Waals surface area contributed by atoms with Crippen LogP contribution in [-0.4, -0.2) is 72.5 Å². The maximum Gasteiger partial charge on any atom is 0.358 e. The molecule has 326 valence electrons. The number of hydrogen-bond acceptors (Lipinski definition) is 11. The Bertz CT molecular complexity index is 2880. The summed E-state index contributed by atoms with van der Waals surface area (Å²) >= 11 is 6.44. The number of carbonyl (C=O) groups is 2. The maximum atomic E-state index is 14.3. The molecule has 63 heavy (non-hydrogen) atoms. The van der Waals surface area contributed by atoms with E-state index in [0.29, 0.717) is 48.5 Å². The molecule has 20 heteroatoms. The largest absolute Gasteiger partial charge is 0.481 e. The van der Waals surface area contributed by atoms with Crippen molar-refractivity contribution in [2.75, 3.05) is 21.3 Å². The molecule has 6 aliphatic rings.